The molecule has 1 aromatic heterocycles. The minimum atomic E-state index is 0.246. The first-order chi connectivity index (χ1) is 9.74. The molecule has 0 aliphatic heterocycles. The summed E-state index contributed by atoms with van der Waals surface area (Å²) >= 11 is 0. The number of nitrogens with zero attached hydrogens (tertiary/aromatic N) is 4. The van der Waals surface area contributed by atoms with Gasteiger partial charge in [-0.2, -0.15) is 4.80 Å². The van der Waals surface area contributed by atoms with Gasteiger partial charge >= 0.3 is 0 Å². The van der Waals surface area contributed by atoms with Gasteiger partial charge in [-0.1, -0.05) is 38.1 Å². The topological polar surface area (TPSA) is 55.6 Å². The average molecular weight is 273 g/mol. The molecule has 0 saturated heterocycles. The summed E-state index contributed by atoms with van der Waals surface area (Å²) in [4.78, 5) is 1.51. The quantitative estimate of drug-likeness (QED) is 0.839. The summed E-state index contributed by atoms with van der Waals surface area (Å²) in [5.74, 6) is 0.784. The molecule has 1 N–H and O–H groups in total. The molecule has 20 heavy (non-hydrogen) atoms. The fourth-order valence-corrected chi connectivity index (χ4v) is 2.39. The summed E-state index contributed by atoms with van der Waals surface area (Å²) in [6.07, 6.45) is 2.91. The van der Waals surface area contributed by atoms with E-state index in [1.807, 2.05) is 0 Å². The number of aromatic nitrogens is 4. The summed E-state index contributed by atoms with van der Waals surface area (Å²) < 4.78 is 0. The molecule has 5 nitrogen and oxygen atoms in total. The lowest BCUT2D eigenvalue weighted by Crippen LogP contribution is -2.25. The van der Waals surface area contributed by atoms with Crippen molar-refractivity contribution in [2.45, 2.75) is 39.2 Å². The van der Waals surface area contributed by atoms with E-state index in [-0.39, 0.29) is 6.04 Å². The summed E-state index contributed by atoms with van der Waals surface area (Å²) in [5, 5.41) is 15.9. The van der Waals surface area contributed by atoms with Gasteiger partial charge in [-0.15, -0.1) is 10.2 Å². The summed E-state index contributed by atoms with van der Waals surface area (Å²) in [6.45, 7) is 5.36. The van der Waals surface area contributed by atoms with Gasteiger partial charge in [-0.3, -0.25) is 0 Å². The largest absolute Gasteiger partial charge is 0.310 e. The van der Waals surface area contributed by atoms with Crippen LogP contribution in [0.2, 0.25) is 0 Å². The standard InChI is InChI=1S/C15H23N5/c1-4-10-16-14(11-15-17-19-20(3)18-15)13-9-7-6-8-12(13)5-2/h6-9,14,16H,4-5,10-11H2,1-3H3. The Morgan fingerprint density at radius 1 is 1.25 bits per heavy atom. The molecule has 0 amide bonds. The van der Waals surface area contributed by atoms with Crippen LogP contribution in [0.1, 0.15) is 43.3 Å². The van der Waals surface area contributed by atoms with Crippen molar-refractivity contribution in [3.63, 3.8) is 0 Å². The van der Waals surface area contributed by atoms with Crippen LogP contribution in [0.15, 0.2) is 24.3 Å². The molecule has 108 valence electrons. The van der Waals surface area contributed by atoms with E-state index < -0.39 is 0 Å². The number of aryl methyl sites for hydroxylation is 2. The molecular weight excluding hydrogens is 250 g/mol. The van der Waals surface area contributed by atoms with Crippen molar-refractivity contribution in [2.24, 2.45) is 7.05 Å². The second kappa shape index (κ2) is 7.14. The number of nitrogens with one attached hydrogen (secondary N) is 1. The highest BCUT2D eigenvalue weighted by Gasteiger charge is 2.16. The van der Waals surface area contributed by atoms with Crippen molar-refractivity contribution in [2.75, 3.05) is 6.54 Å². The molecule has 0 saturated carbocycles. The fraction of sp³-hybridized carbons (Fsp3) is 0.533. The van der Waals surface area contributed by atoms with Gasteiger partial charge in [0.1, 0.15) is 0 Å². The third-order valence-electron chi connectivity index (χ3n) is 3.39. The molecule has 0 fully saturated rings. The van der Waals surface area contributed by atoms with Crippen molar-refractivity contribution in [3.8, 4) is 0 Å². The molecule has 1 aromatic carbocycles. The lowest BCUT2D eigenvalue weighted by molar-refractivity contribution is 0.513. The van der Waals surface area contributed by atoms with Gasteiger partial charge in [0.25, 0.3) is 0 Å². The Morgan fingerprint density at radius 3 is 2.70 bits per heavy atom. The van der Waals surface area contributed by atoms with Crippen LogP contribution < -0.4 is 5.32 Å². The molecule has 0 aliphatic carbocycles. The molecule has 0 bridgehead atoms. The minimum absolute atomic E-state index is 0.246. The van der Waals surface area contributed by atoms with E-state index >= 15 is 0 Å². The number of hydrogen-bond acceptors (Lipinski definition) is 4. The average Bonchev–Trinajstić information content (AvgIpc) is 2.88. The molecule has 1 atom stereocenters. The lowest BCUT2D eigenvalue weighted by atomic mass is 9.96. The molecule has 0 aliphatic rings. The van der Waals surface area contributed by atoms with Crippen LogP contribution >= 0.6 is 0 Å². The van der Waals surface area contributed by atoms with Gasteiger partial charge in [0.15, 0.2) is 5.82 Å². The van der Waals surface area contributed by atoms with E-state index in [0.29, 0.717) is 0 Å². The summed E-state index contributed by atoms with van der Waals surface area (Å²) in [7, 11) is 1.80. The second-order valence-corrected chi connectivity index (χ2v) is 4.96. The van der Waals surface area contributed by atoms with E-state index in [1.165, 1.54) is 15.9 Å². The molecule has 2 rings (SSSR count). The Labute approximate surface area is 120 Å². The fourth-order valence-electron chi connectivity index (χ4n) is 2.39. The zero-order chi connectivity index (χ0) is 14.4. The van der Waals surface area contributed by atoms with Crippen molar-refractivity contribution in [3.05, 3.63) is 41.2 Å². The van der Waals surface area contributed by atoms with Crippen molar-refractivity contribution < 1.29 is 0 Å². The molecule has 0 spiro atoms. The first-order valence-corrected chi connectivity index (χ1v) is 7.28. The molecule has 1 unspecified atom stereocenters. The van der Waals surface area contributed by atoms with E-state index in [9.17, 15) is 0 Å². The van der Waals surface area contributed by atoms with E-state index in [0.717, 1.165) is 31.6 Å². The minimum Gasteiger partial charge on any atom is -0.310 e. The first kappa shape index (κ1) is 14.7. The Balaban J connectivity index is 2.22. The van der Waals surface area contributed by atoms with Crippen LogP contribution in [0.25, 0.3) is 0 Å². The Bertz CT molecular complexity index is 535. The van der Waals surface area contributed by atoms with Crippen molar-refractivity contribution >= 4 is 0 Å². The SMILES string of the molecule is CCCNC(Cc1nnn(C)n1)c1ccccc1CC. The molecular formula is C15H23N5. The highest BCUT2D eigenvalue weighted by atomic mass is 15.6. The predicted octanol–water partition coefficient (Wildman–Crippen LogP) is 2.06. The van der Waals surface area contributed by atoms with Gasteiger partial charge < -0.3 is 5.32 Å². The highest BCUT2D eigenvalue weighted by molar-refractivity contribution is 5.30. The van der Waals surface area contributed by atoms with Gasteiger partial charge in [-0.25, -0.2) is 0 Å². The number of hydrogen-bond donors (Lipinski definition) is 1. The number of benzene rings is 1. The van der Waals surface area contributed by atoms with E-state index in [4.69, 9.17) is 0 Å². The third-order valence-corrected chi connectivity index (χ3v) is 3.39. The predicted molar refractivity (Wildman–Crippen MR) is 79.4 cm³/mol. The van der Waals surface area contributed by atoms with E-state index in [2.05, 4.69) is 58.8 Å². The number of rotatable bonds is 7. The van der Waals surface area contributed by atoms with Crippen molar-refractivity contribution in [1.82, 2.24) is 25.5 Å². The molecule has 0 radical (unpaired) electrons. The zero-order valence-electron chi connectivity index (χ0n) is 12.5. The maximum Gasteiger partial charge on any atom is 0.176 e. The van der Waals surface area contributed by atoms with Crippen LogP contribution in [0.3, 0.4) is 0 Å². The molecule has 5 heteroatoms. The van der Waals surface area contributed by atoms with Gasteiger partial charge in [0.2, 0.25) is 0 Å². The smallest absolute Gasteiger partial charge is 0.176 e. The third kappa shape index (κ3) is 3.63. The highest BCUT2D eigenvalue weighted by Crippen LogP contribution is 2.21. The first-order valence-electron chi connectivity index (χ1n) is 7.28. The van der Waals surface area contributed by atoms with Gasteiger partial charge in [0, 0.05) is 12.5 Å². The van der Waals surface area contributed by atoms with E-state index in [1.54, 1.807) is 7.05 Å². The normalized spacial score (nSPS) is 12.6. The summed E-state index contributed by atoms with van der Waals surface area (Å²) in [5.41, 5.74) is 2.72. The van der Waals surface area contributed by atoms with Gasteiger partial charge in [-0.05, 0) is 35.7 Å². The number of tetrazole rings is 1. The van der Waals surface area contributed by atoms with Crippen LogP contribution in [-0.4, -0.2) is 26.8 Å². The van der Waals surface area contributed by atoms with Crippen molar-refractivity contribution in [1.29, 1.82) is 0 Å². The molecule has 1 heterocycles. The van der Waals surface area contributed by atoms with Crippen LogP contribution in [-0.2, 0) is 19.9 Å². The molecule has 2 aromatic rings. The van der Waals surface area contributed by atoms with Crippen LogP contribution in [0.4, 0.5) is 0 Å². The Hall–Kier alpha value is -1.75. The maximum absolute atomic E-state index is 4.29. The van der Waals surface area contributed by atoms with Gasteiger partial charge in [0.05, 0.1) is 7.05 Å². The lowest BCUT2D eigenvalue weighted by Gasteiger charge is -2.20. The monoisotopic (exact) mass is 273 g/mol. The Kier molecular flexibility index (Phi) is 5.24. The van der Waals surface area contributed by atoms with Crippen LogP contribution in [0.5, 0.6) is 0 Å². The van der Waals surface area contributed by atoms with Crippen LogP contribution in [0, 0.1) is 0 Å². The second-order valence-electron chi connectivity index (χ2n) is 4.96. The Morgan fingerprint density at radius 2 is 2.05 bits per heavy atom. The summed E-state index contributed by atoms with van der Waals surface area (Å²) in [6, 6.07) is 8.83. The maximum atomic E-state index is 4.29. The zero-order valence-corrected chi connectivity index (χ0v) is 12.5.